The molecule has 6 heteroatoms. The number of hydrogen-bond donors (Lipinski definition) is 3. The number of esters is 1. The highest BCUT2D eigenvalue weighted by Crippen LogP contribution is 2.18. The van der Waals surface area contributed by atoms with Crippen molar-refractivity contribution < 1.29 is 24.5 Å². The van der Waals surface area contributed by atoms with E-state index in [0.29, 0.717) is 19.3 Å². The van der Waals surface area contributed by atoms with Crippen molar-refractivity contribution in [3.8, 4) is 0 Å². The van der Waals surface area contributed by atoms with Crippen LogP contribution in [0.1, 0.15) is 297 Å². The van der Waals surface area contributed by atoms with Crippen molar-refractivity contribution in [3.63, 3.8) is 0 Å². The van der Waals surface area contributed by atoms with Gasteiger partial charge in [-0.25, -0.2) is 0 Å². The van der Waals surface area contributed by atoms with Crippen LogP contribution in [0.2, 0.25) is 0 Å². The molecular formula is C58H109NO5. The van der Waals surface area contributed by atoms with Crippen LogP contribution in [0.3, 0.4) is 0 Å². The Morgan fingerprint density at radius 2 is 0.797 bits per heavy atom. The third kappa shape index (κ3) is 46.6. The van der Waals surface area contributed by atoms with E-state index < -0.39 is 18.2 Å². The summed E-state index contributed by atoms with van der Waals surface area (Å²) < 4.78 is 5.95. The summed E-state index contributed by atoms with van der Waals surface area (Å²) >= 11 is 0. The molecule has 1 amide bonds. The average Bonchev–Trinajstić information content (AvgIpc) is 3.29. The minimum Gasteiger partial charge on any atom is -0.462 e. The Kier molecular flexibility index (Phi) is 50.5. The first-order valence-electron chi connectivity index (χ1n) is 28.2. The number of nitrogens with one attached hydrogen (secondary N) is 1. The first-order valence-corrected chi connectivity index (χ1v) is 28.2. The maximum Gasteiger partial charge on any atom is 0.306 e. The van der Waals surface area contributed by atoms with E-state index in [9.17, 15) is 19.8 Å². The fourth-order valence-electron chi connectivity index (χ4n) is 8.67. The number of allylic oxidation sites excluding steroid dienone is 6. The smallest absolute Gasteiger partial charge is 0.306 e. The van der Waals surface area contributed by atoms with E-state index in [1.54, 1.807) is 0 Å². The van der Waals surface area contributed by atoms with Crippen LogP contribution in [0, 0.1) is 0 Å². The molecule has 0 radical (unpaired) electrons. The van der Waals surface area contributed by atoms with Gasteiger partial charge in [0.2, 0.25) is 5.91 Å². The zero-order chi connectivity index (χ0) is 46.7. The fourth-order valence-corrected chi connectivity index (χ4v) is 8.67. The SMILES string of the molecule is CCCCC/C=C\C/C=C\C/C=C\CCCCCCC(CC(=O)NC(CO)C(O)CCCCCCCCCCCCCC)OC(=O)CCCCCCCCCCCCCCCCCC. The van der Waals surface area contributed by atoms with Crippen LogP contribution in [0.25, 0.3) is 0 Å². The van der Waals surface area contributed by atoms with Crippen LogP contribution >= 0.6 is 0 Å². The molecule has 0 saturated heterocycles. The quantitative estimate of drug-likeness (QED) is 0.0321. The molecule has 3 unspecified atom stereocenters. The van der Waals surface area contributed by atoms with E-state index in [0.717, 1.165) is 83.5 Å². The molecule has 0 aromatic carbocycles. The van der Waals surface area contributed by atoms with Gasteiger partial charge >= 0.3 is 5.97 Å². The largest absolute Gasteiger partial charge is 0.462 e. The normalized spacial score (nSPS) is 13.4. The monoisotopic (exact) mass is 900 g/mol. The lowest BCUT2D eigenvalue weighted by Crippen LogP contribution is -2.46. The Hall–Kier alpha value is -1.92. The van der Waals surface area contributed by atoms with E-state index >= 15 is 0 Å². The van der Waals surface area contributed by atoms with Gasteiger partial charge in [0, 0.05) is 6.42 Å². The molecule has 0 aliphatic rings. The minimum absolute atomic E-state index is 0.0669. The van der Waals surface area contributed by atoms with Gasteiger partial charge in [-0.15, -0.1) is 0 Å². The molecule has 0 saturated carbocycles. The topological polar surface area (TPSA) is 95.9 Å². The van der Waals surface area contributed by atoms with Crippen LogP contribution < -0.4 is 5.32 Å². The fraction of sp³-hybridized carbons (Fsp3) is 0.862. The van der Waals surface area contributed by atoms with Gasteiger partial charge in [0.25, 0.3) is 0 Å². The second-order valence-electron chi connectivity index (χ2n) is 19.3. The van der Waals surface area contributed by atoms with Crippen LogP contribution in [0.4, 0.5) is 0 Å². The zero-order valence-electron chi connectivity index (χ0n) is 42.9. The van der Waals surface area contributed by atoms with Gasteiger partial charge in [-0.3, -0.25) is 9.59 Å². The summed E-state index contributed by atoms with van der Waals surface area (Å²) in [6.45, 7) is 6.47. The third-order valence-electron chi connectivity index (χ3n) is 13.0. The predicted octanol–water partition coefficient (Wildman–Crippen LogP) is 17.2. The van der Waals surface area contributed by atoms with Gasteiger partial charge < -0.3 is 20.3 Å². The Labute approximate surface area is 398 Å². The molecule has 0 aliphatic carbocycles. The molecule has 0 aromatic rings. The van der Waals surface area contributed by atoms with Crippen molar-refractivity contribution in [1.29, 1.82) is 0 Å². The molecule has 0 aromatic heterocycles. The summed E-state index contributed by atoms with van der Waals surface area (Å²) in [5, 5.41) is 23.8. The third-order valence-corrected chi connectivity index (χ3v) is 13.0. The number of hydrogen-bond acceptors (Lipinski definition) is 5. The molecule has 6 nitrogen and oxygen atoms in total. The van der Waals surface area contributed by atoms with Gasteiger partial charge in [-0.1, -0.05) is 256 Å². The van der Waals surface area contributed by atoms with E-state index in [2.05, 4.69) is 62.5 Å². The minimum atomic E-state index is -0.791. The van der Waals surface area contributed by atoms with Crippen molar-refractivity contribution in [2.45, 2.75) is 315 Å². The Bertz CT molecular complexity index is 1060. The van der Waals surface area contributed by atoms with E-state index in [-0.39, 0.29) is 24.9 Å². The summed E-state index contributed by atoms with van der Waals surface area (Å²) in [6, 6.07) is -0.706. The van der Waals surface area contributed by atoms with Crippen molar-refractivity contribution in [2.75, 3.05) is 6.61 Å². The second-order valence-corrected chi connectivity index (χ2v) is 19.3. The van der Waals surface area contributed by atoms with E-state index in [1.165, 1.54) is 167 Å². The molecule has 0 fully saturated rings. The maximum absolute atomic E-state index is 13.2. The number of aliphatic hydroxyl groups is 2. The van der Waals surface area contributed by atoms with E-state index in [1.807, 2.05) is 0 Å². The predicted molar refractivity (Wildman–Crippen MR) is 278 cm³/mol. The zero-order valence-corrected chi connectivity index (χ0v) is 42.9. The number of carbonyl (C=O) groups is 2. The molecule has 3 atom stereocenters. The summed E-state index contributed by atoms with van der Waals surface area (Å²) in [4.78, 5) is 26.2. The summed E-state index contributed by atoms with van der Waals surface area (Å²) in [6.07, 6.45) is 62.0. The number of aliphatic hydroxyl groups excluding tert-OH is 2. The molecule has 0 bridgehead atoms. The van der Waals surface area contributed by atoms with Gasteiger partial charge in [0.1, 0.15) is 6.10 Å². The van der Waals surface area contributed by atoms with Gasteiger partial charge in [-0.05, 0) is 64.2 Å². The van der Waals surface area contributed by atoms with Crippen LogP contribution in [-0.4, -0.2) is 46.9 Å². The lowest BCUT2D eigenvalue weighted by molar-refractivity contribution is -0.151. The summed E-state index contributed by atoms with van der Waals surface area (Å²) in [5.41, 5.74) is 0. The Morgan fingerprint density at radius 1 is 0.453 bits per heavy atom. The van der Waals surface area contributed by atoms with Crippen LogP contribution in [0.15, 0.2) is 36.5 Å². The molecule has 0 heterocycles. The Balaban J connectivity index is 4.59. The van der Waals surface area contributed by atoms with Crippen LogP contribution in [0.5, 0.6) is 0 Å². The highest BCUT2D eigenvalue weighted by molar-refractivity contribution is 5.77. The first kappa shape index (κ1) is 62.1. The standard InChI is InChI=1S/C58H109NO5/c1-4-7-10-13-16-19-22-25-27-29-30-32-34-37-40-43-46-49-54(64-58(63)51-48-45-42-39-36-33-31-28-26-23-20-17-14-11-8-5-2)52-57(62)59-55(53-60)56(61)50-47-44-41-38-35-24-21-18-15-12-9-6-3/h16,19,25,27,30,32,54-56,60-61H,4-15,17-18,20-24,26,28-29,31,33-53H2,1-3H3,(H,59,62)/b19-16-,27-25-,32-30-. The van der Waals surface area contributed by atoms with Crippen molar-refractivity contribution >= 4 is 11.9 Å². The Morgan fingerprint density at radius 3 is 1.23 bits per heavy atom. The first-order chi connectivity index (χ1) is 31.5. The number of rotatable bonds is 51. The molecule has 0 spiro atoms. The lowest BCUT2D eigenvalue weighted by atomic mass is 10.0. The van der Waals surface area contributed by atoms with Crippen molar-refractivity contribution in [2.24, 2.45) is 0 Å². The average molecular weight is 901 g/mol. The lowest BCUT2D eigenvalue weighted by Gasteiger charge is -2.24. The molecule has 64 heavy (non-hydrogen) atoms. The number of amides is 1. The van der Waals surface area contributed by atoms with Crippen LogP contribution in [-0.2, 0) is 14.3 Å². The van der Waals surface area contributed by atoms with Gasteiger partial charge in [0.15, 0.2) is 0 Å². The van der Waals surface area contributed by atoms with Gasteiger partial charge in [-0.2, -0.15) is 0 Å². The second kappa shape index (κ2) is 52.1. The van der Waals surface area contributed by atoms with Gasteiger partial charge in [0.05, 0.1) is 25.2 Å². The molecule has 3 N–H and O–H groups in total. The highest BCUT2D eigenvalue weighted by atomic mass is 16.5. The highest BCUT2D eigenvalue weighted by Gasteiger charge is 2.24. The molecule has 0 rings (SSSR count). The maximum atomic E-state index is 13.2. The number of ether oxygens (including phenoxy) is 1. The number of carbonyl (C=O) groups excluding carboxylic acids is 2. The van der Waals surface area contributed by atoms with E-state index in [4.69, 9.17) is 4.74 Å². The van der Waals surface area contributed by atoms with Crippen molar-refractivity contribution in [1.82, 2.24) is 5.32 Å². The molecule has 0 aliphatic heterocycles. The molecule has 376 valence electrons. The molecular weight excluding hydrogens is 791 g/mol. The summed E-state index contributed by atoms with van der Waals surface area (Å²) in [7, 11) is 0. The van der Waals surface area contributed by atoms with Crippen molar-refractivity contribution in [3.05, 3.63) is 36.5 Å². The number of unbranched alkanes of at least 4 members (excludes halogenated alkanes) is 33. The summed E-state index contributed by atoms with van der Waals surface area (Å²) in [5.74, 6) is -0.480.